The predicted molar refractivity (Wildman–Crippen MR) is 106 cm³/mol. The van der Waals surface area contributed by atoms with E-state index < -0.39 is 0 Å². The number of aliphatic imine (C=N–C) groups is 1. The Kier molecular flexibility index (Phi) is 6.26. The molecule has 0 saturated carbocycles. The molecule has 1 saturated heterocycles. The van der Waals surface area contributed by atoms with E-state index in [1.54, 1.807) is 23.5 Å². The molecule has 25 heavy (non-hydrogen) atoms. The van der Waals surface area contributed by atoms with E-state index in [1.807, 2.05) is 36.5 Å². The zero-order valence-corrected chi connectivity index (χ0v) is 15.6. The Morgan fingerprint density at radius 3 is 2.80 bits per heavy atom. The van der Waals surface area contributed by atoms with Crippen LogP contribution in [-0.4, -0.2) is 35.2 Å². The summed E-state index contributed by atoms with van der Waals surface area (Å²) in [6.07, 6.45) is 4.80. The molecule has 3 rings (SSSR count). The van der Waals surface area contributed by atoms with Crippen LogP contribution in [0, 0.1) is 11.5 Å². The number of benzene rings is 2. The lowest BCUT2D eigenvalue weighted by molar-refractivity contribution is 0.448. The molecule has 0 aromatic heterocycles. The van der Waals surface area contributed by atoms with Crippen molar-refractivity contribution < 1.29 is 4.74 Å². The summed E-state index contributed by atoms with van der Waals surface area (Å²) in [5, 5.41) is 9.60. The Morgan fingerprint density at radius 1 is 1.24 bits per heavy atom. The van der Waals surface area contributed by atoms with Crippen LogP contribution in [0.25, 0.3) is 0 Å². The molecule has 128 valence electrons. The van der Waals surface area contributed by atoms with Gasteiger partial charge in [-0.05, 0) is 48.6 Å². The highest BCUT2D eigenvalue weighted by atomic mass is 32.2. The van der Waals surface area contributed by atoms with E-state index in [4.69, 9.17) is 10.00 Å². The van der Waals surface area contributed by atoms with Crippen molar-refractivity contribution in [3.8, 4) is 17.7 Å². The van der Waals surface area contributed by atoms with Crippen LogP contribution in [0.15, 0.2) is 58.4 Å². The molecule has 2 aromatic carbocycles. The van der Waals surface area contributed by atoms with Gasteiger partial charge in [-0.15, -0.1) is 16.8 Å². The number of amidine groups is 1. The van der Waals surface area contributed by atoms with Crippen LogP contribution in [0.4, 0.5) is 0 Å². The molecule has 0 aliphatic carbocycles. The first kappa shape index (κ1) is 17.7. The maximum atomic E-state index is 8.78. The molecule has 2 aromatic rings. The summed E-state index contributed by atoms with van der Waals surface area (Å²) in [6, 6.07) is 16.2. The van der Waals surface area contributed by atoms with Gasteiger partial charge in [-0.2, -0.15) is 5.26 Å². The van der Waals surface area contributed by atoms with E-state index in [1.165, 1.54) is 4.90 Å². The van der Waals surface area contributed by atoms with Crippen LogP contribution >= 0.6 is 23.5 Å². The SMILES string of the molecule is CSc1ccc(Oc2ccccc2CCN2CCSC2=NC#N)cc1. The van der Waals surface area contributed by atoms with Gasteiger partial charge in [0.25, 0.3) is 0 Å². The van der Waals surface area contributed by atoms with Crippen molar-refractivity contribution in [2.24, 2.45) is 4.99 Å². The molecule has 0 amide bonds. The van der Waals surface area contributed by atoms with E-state index in [0.29, 0.717) is 0 Å². The minimum atomic E-state index is 0.827. The summed E-state index contributed by atoms with van der Waals surface area (Å²) in [5.41, 5.74) is 1.16. The molecule has 0 atom stereocenters. The van der Waals surface area contributed by atoms with Crippen LogP contribution in [0.3, 0.4) is 0 Å². The van der Waals surface area contributed by atoms with Gasteiger partial charge in [0, 0.05) is 23.7 Å². The molecule has 0 spiro atoms. The average molecular weight is 370 g/mol. The van der Waals surface area contributed by atoms with E-state index >= 15 is 0 Å². The largest absolute Gasteiger partial charge is 0.457 e. The Hall–Kier alpha value is -2.10. The highest BCUT2D eigenvalue weighted by Gasteiger charge is 2.19. The number of nitriles is 1. The van der Waals surface area contributed by atoms with Gasteiger partial charge in [-0.3, -0.25) is 0 Å². The van der Waals surface area contributed by atoms with Crippen molar-refractivity contribution in [1.29, 1.82) is 5.26 Å². The number of rotatable bonds is 6. The number of nitrogens with zero attached hydrogens (tertiary/aromatic N) is 3. The van der Waals surface area contributed by atoms with Crippen LogP contribution in [0.1, 0.15) is 5.56 Å². The molecule has 6 heteroatoms. The van der Waals surface area contributed by atoms with Gasteiger partial charge in [0.15, 0.2) is 5.17 Å². The molecule has 0 bridgehead atoms. The van der Waals surface area contributed by atoms with Crippen LogP contribution in [0.2, 0.25) is 0 Å². The van der Waals surface area contributed by atoms with E-state index in [0.717, 1.165) is 47.5 Å². The minimum Gasteiger partial charge on any atom is -0.457 e. The fraction of sp³-hybridized carbons (Fsp3) is 0.263. The molecule has 0 N–H and O–H groups in total. The lowest BCUT2D eigenvalue weighted by Crippen LogP contribution is -2.26. The highest BCUT2D eigenvalue weighted by molar-refractivity contribution is 8.14. The van der Waals surface area contributed by atoms with Gasteiger partial charge in [0.2, 0.25) is 6.19 Å². The Bertz CT molecular complexity index is 784. The lowest BCUT2D eigenvalue weighted by Gasteiger charge is -2.18. The molecule has 1 heterocycles. The smallest absolute Gasteiger partial charge is 0.208 e. The topological polar surface area (TPSA) is 48.6 Å². The summed E-state index contributed by atoms with van der Waals surface area (Å²) < 4.78 is 6.08. The fourth-order valence-electron chi connectivity index (χ4n) is 2.62. The van der Waals surface area contributed by atoms with Gasteiger partial charge in [-0.25, -0.2) is 0 Å². The minimum absolute atomic E-state index is 0.827. The summed E-state index contributed by atoms with van der Waals surface area (Å²) in [5.74, 6) is 2.71. The van der Waals surface area contributed by atoms with E-state index in [9.17, 15) is 0 Å². The summed E-state index contributed by atoms with van der Waals surface area (Å²) >= 11 is 3.36. The monoisotopic (exact) mass is 369 g/mol. The quantitative estimate of drug-likeness (QED) is 0.549. The van der Waals surface area contributed by atoms with Crippen molar-refractivity contribution in [3.05, 3.63) is 54.1 Å². The number of hydrogen-bond donors (Lipinski definition) is 0. The molecule has 4 nitrogen and oxygen atoms in total. The maximum absolute atomic E-state index is 8.78. The third kappa shape index (κ3) is 4.71. The third-order valence-electron chi connectivity index (χ3n) is 3.92. The predicted octanol–water partition coefficient (Wildman–Crippen LogP) is 4.63. The second-order valence-electron chi connectivity index (χ2n) is 5.47. The zero-order chi connectivity index (χ0) is 17.5. The van der Waals surface area contributed by atoms with Gasteiger partial charge >= 0.3 is 0 Å². The number of hydrogen-bond acceptors (Lipinski definition) is 5. The fourth-order valence-corrected chi connectivity index (χ4v) is 4.00. The van der Waals surface area contributed by atoms with Gasteiger partial charge < -0.3 is 9.64 Å². The number of ether oxygens (including phenoxy) is 1. The molecular formula is C19H19N3OS2. The Morgan fingerprint density at radius 2 is 2.04 bits per heavy atom. The number of thioether (sulfide) groups is 2. The summed E-state index contributed by atoms with van der Waals surface area (Å²) in [4.78, 5) is 7.29. The van der Waals surface area contributed by atoms with Crippen molar-refractivity contribution >= 4 is 28.7 Å². The van der Waals surface area contributed by atoms with Crippen molar-refractivity contribution in [1.82, 2.24) is 4.90 Å². The maximum Gasteiger partial charge on any atom is 0.208 e. The van der Waals surface area contributed by atoms with E-state index in [-0.39, 0.29) is 0 Å². The first-order valence-corrected chi connectivity index (χ1v) is 10.3. The Balaban J connectivity index is 1.68. The van der Waals surface area contributed by atoms with Gasteiger partial charge in [0.1, 0.15) is 11.5 Å². The van der Waals surface area contributed by atoms with Crippen LogP contribution in [0.5, 0.6) is 11.5 Å². The van der Waals surface area contributed by atoms with Crippen LogP contribution < -0.4 is 4.74 Å². The second-order valence-corrected chi connectivity index (χ2v) is 7.41. The van der Waals surface area contributed by atoms with Crippen LogP contribution in [-0.2, 0) is 6.42 Å². The first-order chi connectivity index (χ1) is 12.3. The van der Waals surface area contributed by atoms with Gasteiger partial charge in [0.05, 0.1) is 0 Å². The normalized spacial score (nSPS) is 15.4. The molecule has 1 aliphatic heterocycles. The van der Waals surface area contributed by atoms with Gasteiger partial charge in [-0.1, -0.05) is 30.0 Å². The second kappa shape index (κ2) is 8.84. The summed E-state index contributed by atoms with van der Waals surface area (Å²) in [7, 11) is 0. The van der Waals surface area contributed by atoms with Crippen molar-refractivity contribution in [3.63, 3.8) is 0 Å². The first-order valence-electron chi connectivity index (χ1n) is 8.04. The molecule has 0 radical (unpaired) electrons. The number of para-hydroxylation sites is 1. The molecule has 1 fully saturated rings. The highest BCUT2D eigenvalue weighted by Crippen LogP contribution is 2.28. The molecule has 0 unspecified atom stereocenters. The summed E-state index contributed by atoms with van der Waals surface area (Å²) in [6.45, 7) is 1.77. The zero-order valence-electron chi connectivity index (χ0n) is 14.0. The van der Waals surface area contributed by atoms with E-state index in [2.05, 4.69) is 34.3 Å². The van der Waals surface area contributed by atoms with Crippen molar-refractivity contribution in [2.75, 3.05) is 25.1 Å². The Labute approximate surface area is 156 Å². The lowest BCUT2D eigenvalue weighted by atomic mass is 10.1. The molecular weight excluding hydrogens is 350 g/mol. The average Bonchev–Trinajstić information content (AvgIpc) is 3.09. The third-order valence-corrected chi connectivity index (χ3v) is 5.66. The van der Waals surface area contributed by atoms with Crippen molar-refractivity contribution in [2.45, 2.75) is 11.3 Å². The molecule has 1 aliphatic rings. The standard InChI is InChI=1S/C19H19N3OS2/c1-24-17-8-6-16(7-9-17)23-18-5-3-2-4-15(18)10-11-22-12-13-25-19(22)21-14-20/h2-9H,10-13H2,1H3.